The summed E-state index contributed by atoms with van der Waals surface area (Å²) in [7, 11) is 0. The third kappa shape index (κ3) is 6.44. The lowest BCUT2D eigenvalue weighted by atomic mass is 10.0. The molecule has 2 N–H and O–H groups in total. The van der Waals surface area contributed by atoms with Gasteiger partial charge in [-0.3, -0.25) is 9.59 Å². The number of rotatable bonds is 7. The highest BCUT2D eigenvalue weighted by Gasteiger charge is 2.27. The molecule has 0 aliphatic heterocycles. The predicted molar refractivity (Wildman–Crippen MR) is 95.7 cm³/mol. The second-order valence-corrected chi connectivity index (χ2v) is 6.37. The Kier molecular flexibility index (Phi) is 6.60. The van der Waals surface area contributed by atoms with Crippen molar-refractivity contribution in [1.29, 1.82) is 0 Å². The number of halogens is 3. The Morgan fingerprint density at radius 3 is 2.30 bits per heavy atom. The molecule has 1 unspecified atom stereocenters. The minimum Gasteiger partial charge on any atom is -0.481 e. The van der Waals surface area contributed by atoms with Crippen molar-refractivity contribution in [2.24, 2.45) is 5.92 Å². The van der Waals surface area contributed by atoms with Gasteiger partial charge in [-0.05, 0) is 42.2 Å². The van der Waals surface area contributed by atoms with Crippen LogP contribution in [0.3, 0.4) is 0 Å². The zero-order valence-electron chi connectivity index (χ0n) is 14.7. The number of alkyl halides is 3. The van der Waals surface area contributed by atoms with E-state index in [1.807, 2.05) is 0 Å². The zero-order valence-corrected chi connectivity index (χ0v) is 14.7. The van der Waals surface area contributed by atoms with Crippen molar-refractivity contribution in [3.05, 3.63) is 65.2 Å². The number of carbonyl (C=O) groups excluding carboxylic acids is 1. The van der Waals surface area contributed by atoms with Gasteiger partial charge in [-0.15, -0.1) is 0 Å². The van der Waals surface area contributed by atoms with Crippen molar-refractivity contribution in [3.63, 3.8) is 0 Å². The Morgan fingerprint density at radius 2 is 1.70 bits per heavy atom. The second kappa shape index (κ2) is 8.70. The maximum absolute atomic E-state index is 12.5. The van der Waals surface area contributed by atoms with Crippen LogP contribution < -0.4 is 5.32 Å². The van der Waals surface area contributed by atoms with Gasteiger partial charge in [-0.2, -0.15) is 13.2 Å². The zero-order chi connectivity index (χ0) is 20.0. The lowest BCUT2D eigenvalue weighted by Crippen LogP contribution is -2.16. The number of benzene rings is 2. The number of aryl methyl sites for hydroxylation is 1. The molecule has 27 heavy (non-hydrogen) atoms. The van der Waals surface area contributed by atoms with Gasteiger partial charge in [0.15, 0.2) is 0 Å². The average Bonchev–Trinajstić information content (AvgIpc) is 2.61. The molecule has 2 aromatic carbocycles. The molecule has 0 spiro atoms. The lowest BCUT2D eigenvalue weighted by molar-refractivity contribution is -0.141. The van der Waals surface area contributed by atoms with Crippen LogP contribution in [0.5, 0.6) is 0 Å². The summed E-state index contributed by atoms with van der Waals surface area (Å²) in [5.41, 5.74) is 1.83. The summed E-state index contributed by atoms with van der Waals surface area (Å²) >= 11 is 0. The van der Waals surface area contributed by atoms with Crippen LogP contribution in [-0.2, 0) is 17.6 Å². The van der Waals surface area contributed by atoms with E-state index < -0.39 is 30.4 Å². The first-order valence-corrected chi connectivity index (χ1v) is 8.43. The van der Waals surface area contributed by atoms with E-state index in [1.165, 1.54) is 12.1 Å². The minimum absolute atomic E-state index is 0.199. The van der Waals surface area contributed by atoms with Gasteiger partial charge < -0.3 is 10.4 Å². The van der Waals surface area contributed by atoms with Crippen LogP contribution in [0.1, 0.15) is 34.8 Å². The summed E-state index contributed by atoms with van der Waals surface area (Å²) in [6.07, 6.45) is -5.18. The highest BCUT2D eigenvalue weighted by molar-refractivity contribution is 6.05. The number of aliphatic carboxylic acids is 1. The maximum atomic E-state index is 12.5. The standard InChI is InChI=1S/C20H20F3NO3/c1-13(19(26)27)12-14-6-8-16(9-7-14)24-18(25)17-5-3-2-4-15(17)10-11-20(21,22)23/h2-9,13H,10-12H2,1H3,(H,24,25)(H,26,27). The number of carboxylic acids is 1. The number of hydrogen-bond acceptors (Lipinski definition) is 2. The highest BCUT2D eigenvalue weighted by atomic mass is 19.4. The van der Waals surface area contributed by atoms with E-state index in [0.717, 1.165) is 5.56 Å². The summed E-state index contributed by atoms with van der Waals surface area (Å²) in [6.45, 7) is 1.61. The van der Waals surface area contributed by atoms with Crippen LogP contribution in [0.15, 0.2) is 48.5 Å². The fourth-order valence-corrected chi connectivity index (χ4v) is 2.60. The lowest BCUT2D eigenvalue weighted by Gasteiger charge is -2.12. The van der Waals surface area contributed by atoms with Crippen LogP contribution in [0.2, 0.25) is 0 Å². The molecule has 0 radical (unpaired) electrons. The van der Waals surface area contributed by atoms with Gasteiger partial charge >= 0.3 is 12.1 Å². The molecule has 144 valence electrons. The Labute approximate surface area is 155 Å². The Morgan fingerprint density at radius 1 is 1.07 bits per heavy atom. The molecule has 0 aliphatic carbocycles. The van der Waals surface area contributed by atoms with E-state index in [0.29, 0.717) is 17.7 Å². The molecule has 4 nitrogen and oxygen atoms in total. The van der Waals surface area contributed by atoms with Crippen molar-refractivity contribution in [2.45, 2.75) is 32.4 Å². The van der Waals surface area contributed by atoms with E-state index in [2.05, 4.69) is 5.32 Å². The summed E-state index contributed by atoms with van der Waals surface area (Å²) in [5, 5.41) is 11.6. The maximum Gasteiger partial charge on any atom is 0.389 e. The molecule has 1 amide bonds. The highest BCUT2D eigenvalue weighted by Crippen LogP contribution is 2.24. The summed E-state index contributed by atoms with van der Waals surface area (Å²) in [5.74, 6) is -1.90. The first kappa shape index (κ1) is 20.5. The third-order valence-electron chi connectivity index (χ3n) is 4.12. The van der Waals surface area contributed by atoms with Crippen molar-refractivity contribution in [3.8, 4) is 0 Å². The van der Waals surface area contributed by atoms with Crippen LogP contribution in [0.4, 0.5) is 18.9 Å². The fourth-order valence-electron chi connectivity index (χ4n) is 2.60. The molecule has 0 aliphatic rings. The van der Waals surface area contributed by atoms with Crippen LogP contribution >= 0.6 is 0 Å². The number of anilines is 1. The van der Waals surface area contributed by atoms with Gasteiger partial charge in [0.2, 0.25) is 0 Å². The quantitative estimate of drug-likeness (QED) is 0.733. The molecule has 0 bridgehead atoms. The molecule has 1 atom stereocenters. The number of carbonyl (C=O) groups is 2. The van der Waals surface area contributed by atoms with Crippen LogP contribution in [-0.4, -0.2) is 23.2 Å². The van der Waals surface area contributed by atoms with Gasteiger partial charge in [0.05, 0.1) is 5.92 Å². The van der Waals surface area contributed by atoms with E-state index in [1.54, 1.807) is 43.3 Å². The minimum atomic E-state index is -4.29. The van der Waals surface area contributed by atoms with E-state index in [-0.39, 0.29) is 12.0 Å². The number of nitrogens with one attached hydrogen (secondary N) is 1. The van der Waals surface area contributed by atoms with Crippen molar-refractivity contribution in [2.75, 3.05) is 5.32 Å². The van der Waals surface area contributed by atoms with Gasteiger partial charge in [0.25, 0.3) is 5.91 Å². The van der Waals surface area contributed by atoms with Crippen molar-refractivity contribution in [1.82, 2.24) is 0 Å². The van der Waals surface area contributed by atoms with Crippen molar-refractivity contribution < 1.29 is 27.9 Å². The largest absolute Gasteiger partial charge is 0.481 e. The monoisotopic (exact) mass is 379 g/mol. The number of carboxylic acid groups (broad SMARTS) is 1. The first-order valence-electron chi connectivity index (χ1n) is 8.43. The molecular formula is C20H20F3NO3. The molecule has 0 saturated carbocycles. The molecule has 2 rings (SSSR count). The van der Waals surface area contributed by atoms with E-state index in [4.69, 9.17) is 5.11 Å². The average molecular weight is 379 g/mol. The van der Waals surface area contributed by atoms with Gasteiger partial charge in [0, 0.05) is 17.7 Å². The smallest absolute Gasteiger partial charge is 0.389 e. The third-order valence-corrected chi connectivity index (χ3v) is 4.12. The topological polar surface area (TPSA) is 66.4 Å². The molecule has 0 aromatic heterocycles. The molecule has 0 saturated heterocycles. The van der Waals surface area contributed by atoms with E-state index in [9.17, 15) is 22.8 Å². The Balaban J connectivity index is 2.06. The summed E-state index contributed by atoms with van der Waals surface area (Å²) in [4.78, 5) is 23.3. The summed E-state index contributed by atoms with van der Waals surface area (Å²) in [6, 6.07) is 12.9. The molecular weight excluding hydrogens is 359 g/mol. The SMILES string of the molecule is CC(Cc1ccc(NC(=O)c2ccccc2CCC(F)(F)F)cc1)C(=O)O. The Hall–Kier alpha value is -2.83. The normalized spacial score (nSPS) is 12.4. The fraction of sp³-hybridized carbons (Fsp3) is 0.300. The second-order valence-electron chi connectivity index (χ2n) is 6.37. The number of hydrogen-bond donors (Lipinski definition) is 2. The Bertz CT molecular complexity index is 801. The molecule has 7 heteroatoms. The molecule has 0 heterocycles. The van der Waals surface area contributed by atoms with Gasteiger partial charge in [-0.25, -0.2) is 0 Å². The van der Waals surface area contributed by atoms with Crippen LogP contribution in [0.25, 0.3) is 0 Å². The molecule has 2 aromatic rings. The van der Waals surface area contributed by atoms with E-state index >= 15 is 0 Å². The van der Waals surface area contributed by atoms with Crippen molar-refractivity contribution >= 4 is 17.6 Å². The first-order chi connectivity index (χ1) is 12.7. The van der Waals surface area contributed by atoms with Gasteiger partial charge in [-0.1, -0.05) is 37.3 Å². The molecule has 0 fully saturated rings. The van der Waals surface area contributed by atoms with Gasteiger partial charge in [0.1, 0.15) is 0 Å². The summed E-state index contributed by atoms with van der Waals surface area (Å²) < 4.78 is 37.4. The predicted octanol–water partition coefficient (Wildman–Crippen LogP) is 4.70. The number of amides is 1. The van der Waals surface area contributed by atoms with Crippen LogP contribution in [0, 0.1) is 5.92 Å².